The number of carboxylic acid groups (broad SMARTS) is 1. The summed E-state index contributed by atoms with van der Waals surface area (Å²) in [6.45, 7) is 0. The summed E-state index contributed by atoms with van der Waals surface area (Å²) in [5, 5.41) is 10.2. The Bertz CT molecular complexity index is 824. The lowest BCUT2D eigenvalue weighted by Gasteiger charge is -2.09. The highest BCUT2D eigenvalue weighted by Crippen LogP contribution is 2.25. The quantitative estimate of drug-likeness (QED) is 0.726. The molecule has 0 bridgehead atoms. The van der Waals surface area contributed by atoms with Gasteiger partial charge in [0.1, 0.15) is 0 Å². The van der Waals surface area contributed by atoms with Crippen molar-refractivity contribution in [2.24, 2.45) is 0 Å². The third-order valence-corrected chi connectivity index (χ3v) is 3.91. The Morgan fingerprint density at radius 2 is 1.70 bits per heavy atom. The van der Waals surface area contributed by atoms with Gasteiger partial charge in [-0.3, -0.25) is 0 Å². The molecule has 3 heteroatoms. The van der Waals surface area contributed by atoms with Crippen LogP contribution in [0.1, 0.15) is 21.5 Å². The van der Waals surface area contributed by atoms with E-state index in [1.54, 1.807) is 18.2 Å². The lowest BCUT2D eigenvalue weighted by molar-refractivity contribution is 0.0696. The fraction of sp³-hybridized carbons (Fsp3) is 0.0500. The van der Waals surface area contributed by atoms with Crippen LogP contribution in [-0.4, -0.2) is 11.1 Å². The normalized spacial score (nSPS) is 10.5. The van der Waals surface area contributed by atoms with E-state index >= 15 is 0 Å². The monoisotopic (exact) mass is 321 g/mol. The summed E-state index contributed by atoms with van der Waals surface area (Å²) in [6.07, 6.45) is 0.545. The minimum Gasteiger partial charge on any atom is -0.478 e. The summed E-state index contributed by atoms with van der Waals surface area (Å²) in [5.74, 6) is -0.942. The molecule has 3 aromatic rings. The van der Waals surface area contributed by atoms with Crippen LogP contribution in [-0.2, 0) is 6.42 Å². The summed E-state index contributed by atoms with van der Waals surface area (Å²) in [4.78, 5) is 11.6. The van der Waals surface area contributed by atoms with Crippen molar-refractivity contribution < 1.29 is 9.90 Å². The standard InChI is InChI=1S/C20H14ClO2/c21-18-10-8-15(9-11-18)16-6-7-17(19(13-16)20(22)23)12-14-4-2-1-3-5-14/h1-6,8-11,13H,12H2,(H,22,23). The molecule has 3 rings (SSSR count). The van der Waals surface area contributed by atoms with Gasteiger partial charge in [-0.15, -0.1) is 0 Å². The molecule has 0 amide bonds. The molecule has 0 aliphatic rings. The Hall–Kier alpha value is -2.58. The van der Waals surface area contributed by atoms with Gasteiger partial charge in [0.05, 0.1) is 5.56 Å². The number of halogens is 1. The smallest absolute Gasteiger partial charge is 0.336 e. The molecule has 23 heavy (non-hydrogen) atoms. The predicted molar refractivity (Wildman–Crippen MR) is 91.9 cm³/mol. The molecule has 0 fully saturated rings. The lowest BCUT2D eigenvalue weighted by Crippen LogP contribution is -2.04. The molecule has 0 saturated carbocycles. The van der Waals surface area contributed by atoms with Crippen LogP contribution in [0.2, 0.25) is 5.02 Å². The first-order valence-electron chi connectivity index (χ1n) is 7.21. The Kier molecular flexibility index (Phi) is 4.45. The summed E-state index contributed by atoms with van der Waals surface area (Å²) in [7, 11) is 0. The van der Waals surface area contributed by atoms with E-state index < -0.39 is 5.97 Å². The molecule has 0 unspecified atom stereocenters. The molecule has 3 aromatic carbocycles. The second-order valence-electron chi connectivity index (χ2n) is 5.26. The number of carbonyl (C=O) groups is 1. The van der Waals surface area contributed by atoms with Gasteiger partial charge < -0.3 is 5.11 Å². The first-order valence-corrected chi connectivity index (χ1v) is 7.59. The molecular weight excluding hydrogens is 308 g/mol. The molecule has 0 atom stereocenters. The average molecular weight is 322 g/mol. The Labute approximate surface area is 140 Å². The molecule has 1 radical (unpaired) electrons. The maximum atomic E-state index is 11.6. The highest BCUT2D eigenvalue weighted by atomic mass is 35.5. The summed E-state index contributed by atoms with van der Waals surface area (Å²) < 4.78 is 0. The van der Waals surface area contributed by atoms with Gasteiger partial charge in [0.2, 0.25) is 0 Å². The summed E-state index contributed by atoms with van der Waals surface area (Å²) in [6, 6.07) is 23.8. The van der Waals surface area contributed by atoms with Gasteiger partial charge in [0, 0.05) is 5.02 Å². The third kappa shape index (κ3) is 3.61. The van der Waals surface area contributed by atoms with Crippen LogP contribution in [0.4, 0.5) is 0 Å². The molecule has 0 spiro atoms. The first kappa shape index (κ1) is 15.3. The van der Waals surface area contributed by atoms with E-state index in [-0.39, 0.29) is 5.56 Å². The van der Waals surface area contributed by atoms with E-state index in [0.29, 0.717) is 17.0 Å². The number of carboxylic acids is 1. The minimum absolute atomic E-state index is 0.279. The van der Waals surface area contributed by atoms with Gasteiger partial charge in [-0.05, 0) is 59.0 Å². The Morgan fingerprint density at radius 3 is 2.35 bits per heavy atom. The molecule has 113 valence electrons. The van der Waals surface area contributed by atoms with Crippen LogP contribution in [0.3, 0.4) is 0 Å². The molecule has 0 saturated heterocycles. The average Bonchev–Trinajstić information content (AvgIpc) is 2.57. The molecule has 0 aliphatic carbocycles. The lowest BCUT2D eigenvalue weighted by atomic mass is 9.95. The molecule has 0 heterocycles. The van der Waals surface area contributed by atoms with Crippen LogP contribution >= 0.6 is 11.6 Å². The van der Waals surface area contributed by atoms with Gasteiger partial charge >= 0.3 is 5.97 Å². The third-order valence-electron chi connectivity index (χ3n) is 3.66. The van der Waals surface area contributed by atoms with Gasteiger partial charge in [-0.25, -0.2) is 4.79 Å². The summed E-state index contributed by atoms with van der Waals surface area (Å²) >= 11 is 5.89. The zero-order chi connectivity index (χ0) is 16.2. The molecule has 0 aliphatic heterocycles. The Morgan fingerprint density at radius 1 is 1.00 bits per heavy atom. The zero-order valence-corrected chi connectivity index (χ0v) is 13.0. The van der Waals surface area contributed by atoms with Crippen molar-refractivity contribution in [2.75, 3.05) is 0 Å². The van der Waals surface area contributed by atoms with Crippen LogP contribution in [0.15, 0.2) is 66.7 Å². The van der Waals surface area contributed by atoms with Crippen LogP contribution in [0.25, 0.3) is 11.1 Å². The number of hydrogen-bond donors (Lipinski definition) is 1. The number of hydrogen-bond acceptors (Lipinski definition) is 1. The number of rotatable bonds is 4. The van der Waals surface area contributed by atoms with E-state index in [9.17, 15) is 9.90 Å². The van der Waals surface area contributed by atoms with E-state index in [0.717, 1.165) is 16.7 Å². The van der Waals surface area contributed by atoms with Crippen molar-refractivity contribution in [1.29, 1.82) is 0 Å². The van der Waals surface area contributed by atoms with Gasteiger partial charge in [0.15, 0.2) is 0 Å². The van der Waals surface area contributed by atoms with Gasteiger partial charge in [0.25, 0.3) is 0 Å². The van der Waals surface area contributed by atoms with Crippen molar-refractivity contribution in [3.8, 4) is 11.1 Å². The predicted octanol–water partition coefficient (Wildman–Crippen LogP) is 5.10. The summed E-state index contributed by atoms with van der Waals surface area (Å²) in [5.41, 5.74) is 3.75. The zero-order valence-electron chi connectivity index (χ0n) is 12.3. The molecule has 0 aromatic heterocycles. The largest absolute Gasteiger partial charge is 0.478 e. The second-order valence-corrected chi connectivity index (χ2v) is 5.69. The van der Waals surface area contributed by atoms with Crippen molar-refractivity contribution in [3.63, 3.8) is 0 Å². The van der Waals surface area contributed by atoms with Gasteiger partial charge in [-0.1, -0.05) is 54.1 Å². The van der Waals surface area contributed by atoms with E-state index in [1.807, 2.05) is 48.5 Å². The molecular formula is C20H14ClO2. The van der Waals surface area contributed by atoms with Crippen molar-refractivity contribution in [1.82, 2.24) is 0 Å². The highest BCUT2D eigenvalue weighted by molar-refractivity contribution is 6.30. The van der Waals surface area contributed by atoms with Crippen molar-refractivity contribution in [3.05, 3.63) is 94.5 Å². The fourth-order valence-electron chi connectivity index (χ4n) is 2.47. The highest BCUT2D eigenvalue weighted by Gasteiger charge is 2.12. The minimum atomic E-state index is -0.942. The Balaban J connectivity index is 1.99. The molecule has 2 nitrogen and oxygen atoms in total. The van der Waals surface area contributed by atoms with Crippen LogP contribution in [0.5, 0.6) is 0 Å². The van der Waals surface area contributed by atoms with Crippen LogP contribution in [0, 0.1) is 6.07 Å². The first-order chi connectivity index (χ1) is 11.1. The maximum Gasteiger partial charge on any atom is 0.336 e. The maximum absolute atomic E-state index is 11.6. The number of aromatic carboxylic acids is 1. The fourth-order valence-corrected chi connectivity index (χ4v) is 2.60. The van der Waals surface area contributed by atoms with E-state index in [1.165, 1.54) is 0 Å². The SMILES string of the molecule is O=C(O)c1cc(-c2ccc(Cl)cc2)c[c]c1Cc1ccccc1. The van der Waals surface area contributed by atoms with Crippen molar-refractivity contribution >= 4 is 17.6 Å². The topological polar surface area (TPSA) is 37.3 Å². The van der Waals surface area contributed by atoms with Crippen molar-refractivity contribution in [2.45, 2.75) is 6.42 Å². The number of benzene rings is 3. The second kappa shape index (κ2) is 6.67. The van der Waals surface area contributed by atoms with Crippen LogP contribution < -0.4 is 0 Å². The molecule has 1 N–H and O–H groups in total. The van der Waals surface area contributed by atoms with E-state index in [4.69, 9.17) is 11.6 Å². The van der Waals surface area contributed by atoms with E-state index in [2.05, 4.69) is 6.07 Å². The van der Waals surface area contributed by atoms with Gasteiger partial charge in [-0.2, -0.15) is 0 Å².